The van der Waals surface area contributed by atoms with Crippen molar-refractivity contribution in [2.45, 2.75) is 32.7 Å². The largest absolute Gasteiger partial charge is 0.481 e. The summed E-state index contributed by atoms with van der Waals surface area (Å²) in [7, 11) is 0. The van der Waals surface area contributed by atoms with E-state index in [4.69, 9.17) is 15.9 Å². The van der Waals surface area contributed by atoms with Gasteiger partial charge in [-0.05, 0) is 18.8 Å². The van der Waals surface area contributed by atoms with Crippen molar-refractivity contribution in [2.24, 2.45) is 17.6 Å². The fourth-order valence-corrected chi connectivity index (χ4v) is 1.27. The minimum Gasteiger partial charge on any atom is -0.481 e. The average Bonchev–Trinajstić information content (AvgIpc) is 2.01. The van der Waals surface area contributed by atoms with Crippen molar-refractivity contribution in [3.63, 3.8) is 0 Å². The Morgan fingerprint density at radius 2 is 1.64 bits per heavy atom. The first-order valence-corrected chi connectivity index (χ1v) is 4.55. The third kappa shape index (κ3) is 4.81. The van der Waals surface area contributed by atoms with Crippen LogP contribution >= 0.6 is 0 Å². The summed E-state index contributed by atoms with van der Waals surface area (Å²) in [6, 6.07) is -1.09. The highest BCUT2D eigenvalue weighted by Gasteiger charge is 2.24. The third-order valence-electron chi connectivity index (χ3n) is 1.96. The molecule has 0 bridgehead atoms. The Labute approximate surface area is 82.9 Å². The second kappa shape index (κ2) is 5.59. The topological polar surface area (TPSA) is 101 Å². The Hall–Kier alpha value is -1.10. The molecule has 5 heteroatoms. The van der Waals surface area contributed by atoms with Crippen molar-refractivity contribution in [3.8, 4) is 0 Å². The Kier molecular flexibility index (Phi) is 5.15. The van der Waals surface area contributed by atoms with Crippen LogP contribution in [-0.4, -0.2) is 28.2 Å². The maximum atomic E-state index is 10.7. The molecule has 0 fully saturated rings. The van der Waals surface area contributed by atoms with Crippen LogP contribution in [-0.2, 0) is 9.59 Å². The lowest BCUT2D eigenvalue weighted by Crippen LogP contribution is -2.34. The fraction of sp³-hybridized carbons (Fsp3) is 0.778. The van der Waals surface area contributed by atoms with Crippen LogP contribution in [0.1, 0.15) is 26.7 Å². The standard InChI is InChI=1S/C9H17NO4/c1-5(2)3-6(8(11)12)4-7(10)9(13)14/h5-7H,3-4,10H2,1-2H3,(H,11,12)(H,13,14)/t6-,7-/m0/s1. The first kappa shape index (κ1) is 12.9. The van der Waals surface area contributed by atoms with Gasteiger partial charge in [0.05, 0.1) is 5.92 Å². The van der Waals surface area contributed by atoms with Gasteiger partial charge in [0.2, 0.25) is 0 Å². The molecule has 0 rings (SSSR count). The Bertz CT molecular complexity index is 215. The van der Waals surface area contributed by atoms with Gasteiger partial charge in [0.1, 0.15) is 6.04 Å². The van der Waals surface area contributed by atoms with Crippen LogP contribution in [0, 0.1) is 11.8 Å². The van der Waals surface area contributed by atoms with Crippen molar-refractivity contribution in [1.82, 2.24) is 0 Å². The van der Waals surface area contributed by atoms with E-state index < -0.39 is 23.9 Å². The molecule has 0 heterocycles. The van der Waals surface area contributed by atoms with Crippen LogP contribution in [0.2, 0.25) is 0 Å². The zero-order chi connectivity index (χ0) is 11.3. The lowest BCUT2D eigenvalue weighted by molar-refractivity contribution is -0.144. The second-order valence-electron chi connectivity index (χ2n) is 3.85. The molecule has 0 saturated heterocycles. The predicted octanol–water partition coefficient (Wildman–Crippen LogP) is 0.535. The van der Waals surface area contributed by atoms with Crippen LogP contribution in [0.4, 0.5) is 0 Å². The van der Waals surface area contributed by atoms with Crippen LogP contribution in [0.15, 0.2) is 0 Å². The van der Waals surface area contributed by atoms with Gasteiger partial charge >= 0.3 is 11.9 Å². The first-order valence-electron chi connectivity index (χ1n) is 4.55. The van der Waals surface area contributed by atoms with E-state index >= 15 is 0 Å². The first-order chi connectivity index (χ1) is 6.34. The number of hydrogen-bond acceptors (Lipinski definition) is 3. The monoisotopic (exact) mass is 203 g/mol. The summed E-state index contributed by atoms with van der Waals surface area (Å²) in [5, 5.41) is 17.3. The van der Waals surface area contributed by atoms with Crippen molar-refractivity contribution in [1.29, 1.82) is 0 Å². The van der Waals surface area contributed by atoms with Crippen LogP contribution < -0.4 is 5.73 Å². The Morgan fingerprint density at radius 1 is 1.14 bits per heavy atom. The predicted molar refractivity (Wildman–Crippen MR) is 50.8 cm³/mol. The van der Waals surface area contributed by atoms with Gasteiger partial charge in [-0.25, -0.2) is 0 Å². The van der Waals surface area contributed by atoms with E-state index in [-0.39, 0.29) is 12.3 Å². The Balaban J connectivity index is 4.23. The van der Waals surface area contributed by atoms with Crippen LogP contribution in [0.3, 0.4) is 0 Å². The number of hydrogen-bond donors (Lipinski definition) is 3. The molecule has 0 saturated carbocycles. The van der Waals surface area contributed by atoms with E-state index in [9.17, 15) is 9.59 Å². The molecule has 0 unspecified atom stereocenters. The molecule has 0 spiro atoms. The Morgan fingerprint density at radius 3 is 1.93 bits per heavy atom. The molecule has 5 nitrogen and oxygen atoms in total. The van der Waals surface area contributed by atoms with E-state index in [0.29, 0.717) is 6.42 Å². The molecule has 0 radical (unpaired) electrons. The van der Waals surface area contributed by atoms with Crippen LogP contribution in [0.25, 0.3) is 0 Å². The molecule has 0 aromatic heterocycles. The molecular weight excluding hydrogens is 186 g/mol. The molecule has 4 N–H and O–H groups in total. The minimum atomic E-state index is -1.15. The van der Waals surface area contributed by atoms with Gasteiger partial charge in [-0.3, -0.25) is 9.59 Å². The van der Waals surface area contributed by atoms with Crippen LogP contribution in [0.5, 0.6) is 0 Å². The van der Waals surface area contributed by atoms with Gasteiger partial charge in [-0.15, -0.1) is 0 Å². The quantitative estimate of drug-likeness (QED) is 0.584. The van der Waals surface area contributed by atoms with Gasteiger partial charge in [0.25, 0.3) is 0 Å². The average molecular weight is 203 g/mol. The molecule has 82 valence electrons. The van der Waals surface area contributed by atoms with E-state index in [0.717, 1.165) is 0 Å². The van der Waals surface area contributed by atoms with Gasteiger partial charge in [0, 0.05) is 0 Å². The van der Waals surface area contributed by atoms with Gasteiger partial charge in [-0.1, -0.05) is 13.8 Å². The normalized spacial score (nSPS) is 15.1. The summed E-state index contributed by atoms with van der Waals surface area (Å²) < 4.78 is 0. The summed E-state index contributed by atoms with van der Waals surface area (Å²) in [5.41, 5.74) is 5.27. The second-order valence-corrected chi connectivity index (χ2v) is 3.85. The van der Waals surface area contributed by atoms with Gasteiger partial charge in [0.15, 0.2) is 0 Å². The van der Waals surface area contributed by atoms with Crippen molar-refractivity contribution in [2.75, 3.05) is 0 Å². The summed E-state index contributed by atoms with van der Waals surface area (Å²) in [4.78, 5) is 21.2. The molecule has 0 aliphatic heterocycles. The van der Waals surface area contributed by atoms with Gasteiger partial charge < -0.3 is 15.9 Å². The van der Waals surface area contributed by atoms with Gasteiger partial charge in [-0.2, -0.15) is 0 Å². The fourth-order valence-electron chi connectivity index (χ4n) is 1.27. The minimum absolute atomic E-state index is 0.0111. The third-order valence-corrected chi connectivity index (χ3v) is 1.96. The lowest BCUT2D eigenvalue weighted by Gasteiger charge is -2.16. The molecule has 0 aromatic carbocycles. The lowest BCUT2D eigenvalue weighted by atomic mass is 9.91. The number of carbonyl (C=O) groups is 2. The zero-order valence-corrected chi connectivity index (χ0v) is 8.43. The SMILES string of the molecule is CC(C)C[C@@H](C[C@H](N)C(=O)O)C(=O)O. The maximum absolute atomic E-state index is 10.7. The van der Waals surface area contributed by atoms with E-state index in [1.165, 1.54) is 0 Å². The number of aliphatic carboxylic acids is 2. The molecular formula is C9H17NO4. The highest BCUT2D eigenvalue weighted by molar-refractivity contribution is 5.75. The maximum Gasteiger partial charge on any atom is 0.320 e. The molecule has 2 atom stereocenters. The molecule has 0 amide bonds. The van der Waals surface area contributed by atoms with Crippen molar-refractivity contribution < 1.29 is 19.8 Å². The van der Waals surface area contributed by atoms with Crippen molar-refractivity contribution in [3.05, 3.63) is 0 Å². The van der Waals surface area contributed by atoms with E-state index in [1.54, 1.807) is 0 Å². The smallest absolute Gasteiger partial charge is 0.320 e. The van der Waals surface area contributed by atoms with E-state index in [2.05, 4.69) is 0 Å². The highest BCUT2D eigenvalue weighted by Crippen LogP contribution is 2.17. The van der Waals surface area contributed by atoms with E-state index in [1.807, 2.05) is 13.8 Å². The number of carboxylic acids is 2. The summed E-state index contributed by atoms with van der Waals surface area (Å²) in [5.74, 6) is -2.58. The summed E-state index contributed by atoms with van der Waals surface area (Å²) in [6.45, 7) is 3.78. The molecule has 0 aliphatic carbocycles. The summed E-state index contributed by atoms with van der Waals surface area (Å²) >= 11 is 0. The highest BCUT2D eigenvalue weighted by atomic mass is 16.4. The number of nitrogens with two attached hydrogens (primary N) is 1. The molecule has 0 aliphatic rings. The van der Waals surface area contributed by atoms with Crippen molar-refractivity contribution >= 4 is 11.9 Å². The zero-order valence-electron chi connectivity index (χ0n) is 8.43. The molecule has 0 aromatic rings. The summed E-state index contributed by atoms with van der Waals surface area (Å²) in [6.07, 6.45) is 0.444. The number of rotatable bonds is 6. The molecule has 14 heavy (non-hydrogen) atoms. The number of carboxylic acid groups (broad SMARTS) is 2.